The Kier molecular flexibility index (Phi) is 7.41. The lowest BCUT2D eigenvalue weighted by Crippen LogP contribution is -2.46. The summed E-state index contributed by atoms with van der Waals surface area (Å²) >= 11 is 0.470. The minimum Gasteiger partial charge on any atom is -0.612 e. The summed E-state index contributed by atoms with van der Waals surface area (Å²) in [7, 11) is 2.08. The monoisotopic (exact) mass is 469 g/mol. The minimum absolute atomic E-state index is 0.0989. The van der Waals surface area contributed by atoms with E-state index in [1.807, 2.05) is 41.3 Å². The molecule has 32 heavy (non-hydrogen) atoms. The molecule has 9 heteroatoms. The van der Waals surface area contributed by atoms with E-state index >= 15 is 0 Å². The fourth-order valence-corrected chi connectivity index (χ4v) is 5.14. The molecule has 168 valence electrons. The van der Waals surface area contributed by atoms with Crippen molar-refractivity contribution < 1.29 is 9.35 Å². The summed E-state index contributed by atoms with van der Waals surface area (Å²) in [5, 5.41) is 3.23. The van der Waals surface area contributed by atoms with Crippen LogP contribution in [0, 0.1) is 0 Å². The molecule has 1 atom stereocenters. The summed E-state index contributed by atoms with van der Waals surface area (Å²) in [6.45, 7) is 3.75. The van der Waals surface area contributed by atoms with E-state index in [4.69, 9.17) is 0 Å². The third kappa shape index (κ3) is 5.66. The molecule has 1 saturated heterocycles. The van der Waals surface area contributed by atoms with E-state index in [1.165, 1.54) is 11.3 Å². The van der Waals surface area contributed by atoms with Gasteiger partial charge in [-0.3, -0.25) is 4.79 Å². The van der Waals surface area contributed by atoms with E-state index in [1.54, 1.807) is 12.5 Å². The third-order valence-electron chi connectivity index (χ3n) is 5.39. The van der Waals surface area contributed by atoms with Gasteiger partial charge in [0.2, 0.25) is 5.96 Å². The molecule has 0 saturated carbocycles. The van der Waals surface area contributed by atoms with Crippen LogP contribution in [0.2, 0.25) is 0 Å². The van der Waals surface area contributed by atoms with Crippen LogP contribution in [0.3, 0.4) is 0 Å². The first-order valence-corrected chi connectivity index (χ1v) is 12.9. The summed E-state index contributed by atoms with van der Waals surface area (Å²) in [4.78, 5) is 28.9. The van der Waals surface area contributed by atoms with Crippen LogP contribution in [-0.4, -0.2) is 71.9 Å². The molecule has 2 aliphatic rings. The van der Waals surface area contributed by atoms with Gasteiger partial charge in [0.05, 0.1) is 11.4 Å². The van der Waals surface area contributed by atoms with Crippen molar-refractivity contribution in [1.82, 2.24) is 9.80 Å². The number of likely N-dealkylation sites (N-methyl/N-ethyl adjacent to an activating group) is 1. The van der Waals surface area contributed by atoms with Crippen molar-refractivity contribution in [1.29, 1.82) is 0 Å². The molecule has 1 unspecified atom stereocenters. The van der Waals surface area contributed by atoms with Crippen LogP contribution < -0.4 is 5.32 Å². The van der Waals surface area contributed by atoms with Crippen LogP contribution in [0.5, 0.6) is 0 Å². The molecule has 3 heterocycles. The number of anilines is 1. The first-order valence-electron chi connectivity index (χ1n) is 10.5. The van der Waals surface area contributed by atoms with Crippen LogP contribution in [0.4, 0.5) is 5.69 Å². The number of aliphatic imine (C=N–C) groups is 2. The van der Waals surface area contributed by atoms with Crippen molar-refractivity contribution in [2.45, 2.75) is 17.9 Å². The average Bonchev–Trinajstić information content (AvgIpc) is 3.20. The lowest BCUT2D eigenvalue weighted by atomic mass is 10.2. The summed E-state index contributed by atoms with van der Waals surface area (Å²) in [5.41, 5.74) is 1.81. The zero-order chi connectivity index (χ0) is 22.5. The number of amides is 1. The molecule has 1 fully saturated rings. The van der Waals surface area contributed by atoms with Crippen LogP contribution in [0.1, 0.15) is 26.5 Å². The average molecular weight is 470 g/mol. The minimum atomic E-state index is -1.06. The number of hydrogen-bond donors (Lipinski definition) is 1. The summed E-state index contributed by atoms with van der Waals surface area (Å²) in [6.07, 6.45) is 8.23. The molecule has 0 radical (unpaired) electrons. The molecule has 1 amide bonds. The van der Waals surface area contributed by atoms with Gasteiger partial charge >= 0.3 is 0 Å². The first-order chi connectivity index (χ1) is 15.5. The fourth-order valence-electron chi connectivity index (χ4n) is 3.51. The highest BCUT2D eigenvalue weighted by atomic mass is 32.2. The first kappa shape index (κ1) is 22.7. The van der Waals surface area contributed by atoms with Crippen LogP contribution in [0.15, 0.2) is 51.3 Å². The number of carbonyl (C=O) groups is 1. The standard InChI is InChI=1S/C23H27N5O2S2/c1-27-10-12-28(13-11-27)22(29)21-14-17-16-25-23(24-9-4-3-8-20(17)31-21)26-18-6-5-7-19(15-18)32(2)30/h3,5-9,14-15H,4,10-13,16H2,1-2H3,(H,25,26)/b8-3-,24-9-. The van der Waals surface area contributed by atoms with Gasteiger partial charge in [0.15, 0.2) is 4.90 Å². The van der Waals surface area contributed by atoms with Crippen molar-refractivity contribution in [3.63, 3.8) is 0 Å². The van der Waals surface area contributed by atoms with E-state index in [-0.39, 0.29) is 5.91 Å². The van der Waals surface area contributed by atoms with Gasteiger partial charge in [-0.05, 0) is 48.1 Å². The van der Waals surface area contributed by atoms with Gasteiger partial charge in [0, 0.05) is 55.4 Å². The number of piperazine rings is 1. The molecule has 1 aromatic carbocycles. The number of nitrogens with one attached hydrogen (secondary N) is 1. The Morgan fingerprint density at radius 1 is 1.22 bits per heavy atom. The maximum atomic E-state index is 13.0. The van der Waals surface area contributed by atoms with Crippen molar-refractivity contribution in [3.05, 3.63) is 51.7 Å². The zero-order valence-corrected chi connectivity index (χ0v) is 19.9. The predicted molar refractivity (Wildman–Crippen MR) is 133 cm³/mol. The Bertz CT molecular complexity index is 1050. The number of hydrogen-bond acceptors (Lipinski definition) is 7. The molecule has 4 rings (SSSR count). The van der Waals surface area contributed by atoms with Crippen LogP contribution >= 0.6 is 11.3 Å². The topological polar surface area (TPSA) is 83.4 Å². The van der Waals surface area contributed by atoms with E-state index in [2.05, 4.69) is 33.3 Å². The van der Waals surface area contributed by atoms with E-state index in [9.17, 15) is 9.35 Å². The summed E-state index contributed by atoms with van der Waals surface area (Å²) < 4.78 is 11.8. The molecule has 7 nitrogen and oxygen atoms in total. The number of fused-ring (bicyclic) bond motifs is 1. The van der Waals surface area contributed by atoms with Crippen LogP contribution in [0.25, 0.3) is 6.08 Å². The fraction of sp³-hybridized carbons (Fsp3) is 0.348. The van der Waals surface area contributed by atoms with Crippen molar-refractivity contribution in [3.8, 4) is 0 Å². The number of thiophene rings is 1. The maximum Gasteiger partial charge on any atom is 0.264 e. The smallest absolute Gasteiger partial charge is 0.264 e. The zero-order valence-electron chi connectivity index (χ0n) is 18.3. The van der Waals surface area contributed by atoms with Gasteiger partial charge in [0.25, 0.3) is 5.91 Å². The number of nitrogens with zero attached hydrogens (tertiary/aromatic N) is 4. The second-order valence-corrected chi connectivity index (χ2v) is 10.3. The number of guanidine groups is 1. The van der Waals surface area contributed by atoms with Crippen LogP contribution in [-0.2, 0) is 17.7 Å². The number of rotatable bonds is 3. The third-order valence-corrected chi connectivity index (χ3v) is 7.44. The SMILES string of the molecule is CN1CCN(C(=O)c2cc3c(s2)/C=C\C/C=N\C(Nc2cccc([S+](C)[O-])c2)=N/C3)CC1. The van der Waals surface area contributed by atoms with E-state index < -0.39 is 11.2 Å². The molecular weight excluding hydrogens is 442 g/mol. The van der Waals surface area contributed by atoms with Gasteiger partial charge < -0.3 is 19.7 Å². The quantitative estimate of drug-likeness (QED) is 0.699. The van der Waals surface area contributed by atoms with Crippen molar-refractivity contribution >= 4 is 52.4 Å². The molecule has 1 N–H and O–H groups in total. The second kappa shape index (κ2) is 10.4. The highest BCUT2D eigenvalue weighted by molar-refractivity contribution is 7.90. The Morgan fingerprint density at radius 2 is 2.03 bits per heavy atom. The molecule has 0 bridgehead atoms. The molecular formula is C23H27N5O2S2. The molecule has 0 spiro atoms. The predicted octanol–water partition coefficient (Wildman–Crippen LogP) is 3.33. The second-order valence-electron chi connectivity index (χ2n) is 7.79. The summed E-state index contributed by atoms with van der Waals surface area (Å²) in [6, 6.07) is 9.41. The van der Waals surface area contributed by atoms with E-state index in [0.717, 1.165) is 52.1 Å². The lowest BCUT2D eigenvalue weighted by molar-refractivity contribution is 0.0669. The van der Waals surface area contributed by atoms with E-state index in [0.29, 0.717) is 18.9 Å². The number of allylic oxidation sites excluding steroid dienone is 1. The largest absolute Gasteiger partial charge is 0.612 e. The summed E-state index contributed by atoms with van der Waals surface area (Å²) in [5.74, 6) is 0.588. The molecule has 1 aromatic heterocycles. The van der Waals surface area contributed by atoms with Gasteiger partial charge in [-0.1, -0.05) is 12.1 Å². The number of benzene rings is 1. The molecule has 0 aliphatic carbocycles. The Hall–Kier alpha value is -2.46. The maximum absolute atomic E-state index is 13.0. The van der Waals surface area contributed by atoms with Gasteiger partial charge in [-0.2, -0.15) is 0 Å². The highest BCUT2D eigenvalue weighted by Gasteiger charge is 2.23. The van der Waals surface area contributed by atoms with Gasteiger partial charge in [-0.15, -0.1) is 11.3 Å². The Labute approximate surface area is 195 Å². The van der Waals surface area contributed by atoms with Gasteiger partial charge in [-0.25, -0.2) is 9.98 Å². The Balaban J connectivity index is 1.53. The number of carbonyl (C=O) groups excluding carboxylic acids is 1. The van der Waals surface area contributed by atoms with Gasteiger partial charge in [0.1, 0.15) is 6.26 Å². The normalized spacial score (nSPS) is 21.7. The highest BCUT2D eigenvalue weighted by Crippen LogP contribution is 2.27. The van der Waals surface area contributed by atoms with Crippen molar-refractivity contribution in [2.24, 2.45) is 9.98 Å². The Morgan fingerprint density at radius 3 is 2.81 bits per heavy atom. The lowest BCUT2D eigenvalue weighted by Gasteiger charge is -2.32. The molecule has 2 aromatic rings. The molecule has 2 aliphatic heterocycles. The van der Waals surface area contributed by atoms with Crippen molar-refractivity contribution in [2.75, 3.05) is 44.8 Å².